The number of carbonyl (C=O) groups is 4. The molecule has 0 aromatic rings. The predicted octanol–water partition coefficient (Wildman–Crippen LogP) is -1.85. The normalized spacial score (nSPS) is 13.4. The Labute approximate surface area is 86.6 Å². The van der Waals surface area contributed by atoms with Crippen LogP contribution in [0.1, 0.15) is 0 Å². The van der Waals surface area contributed by atoms with Crippen molar-refractivity contribution in [2.24, 2.45) is 0 Å². The van der Waals surface area contributed by atoms with Crippen molar-refractivity contribution in [2.75, 3.05) is 0 Å². The summed E-state index contributed by atoms with van der Waals surface area (Å²) in [7, 11) is 0. The Bertz CT molecular complexity index is 287. The summed E-state index contributed by atoms with van der Waals surface area (Å²) >= 11 is 0. The average molecular weight is 238 g/mol. The Balaban J connectivity index is 4.42. The van der Waals surface area contributed by atoms with Crippen LogP contribution in [0, 0.1) is 0 Å². The van der Waals surface area contributed by atoms with Gasteiger partial charge in [0.15, 0.2) is 12.2 Å². The van der Waals surface area contributed by atoms with Crippen molar-refractivity contribution in [1.82, 2.24) is 0 Å². The van der Waals surface area contributed by atoms with Crippen molar-refractivity contribution < 1.29 is 49.1 Å². The maximum absolute atomic E-state index is 10.6. The van der Waals surface area contributed by atoms with Gasteiger partial charge in [-0.1, -0.05) is 0 Å². The largest absolute Gasteiger partial charge is 0.513 e. The number of carboxylic acid groups (broad SMARTS) is 2. The average Bonchev–Trinajstić information content (AvgIpc) is 2.13. The number of aliphatic hydroxyl groups excluding tert-OH is 2. The third-order valence-electron chi connectivity index (χ3n) is 1.16. The minimum Gasteiger partial charge on any atom is -0.449 e. The molecule has 2 unspecified atom stereocenters. The molecule has 0 fully saturated rings. The first-order chi connectivity index (χ1) is 7.25. The zero-order valence-corrected chi connectivity index (χ0v) is 7.39. The second-order valence-corrected chi connectivity index (χ2v) is 2.26. The van der Waals surface area contributed by atoms with E-state index >= 15 is 0 Å². The molecule has 0 saturated carbocycles. The number of carbonyl (C=O) groups excluding carboxylic acids is 2. The topological polar surface area (TPSA) is 168 Å². The molecule has 10 heteroatoms. The molecule has 0 aromatic carbocycles. The van der Waals surface area contributed by atoms with E-state index in [0.717, 1.165) is 0 Å². The lowest BCUT2D eigenvalue weighted by Crippen LogP contribution is -2.42. The number of ether oxygens (including phenoxy) is 2. The zero-order valence-electron chi connectivity index (χ0n) is 7.39. The summed E-state index contributed by atoms with van der Waals surface area (Å²) in [6.07, 6.45) is -9.27. The van der Waals surface area contributed by atoms with Crippen LogP contribution in [0.3, 0.4) is 0 Å². The first-order valence-electron chi connectivity index (χ1n) is 3.51. The van der Waals surface area contributed by atoms with Gasteiger partial charge in [0.2, 0.25) is 0 Å². The molecule has 0 aromatic heterocycles. The zero-order chi connectivity index (χ0) is 12.9. The highest BCUT2D eigenvalue weighted by Gasteiger charge is 2.35. The van der Waals surface area contributed by atoms with Gasteiger partial charge in [0.1, 0.15) is 0 Å². The third-order valence-corrected chi connectivity index (χ3v) is 1.16. The number of rotatable bonds is 3. The first kappa shape index (κ1) is 13.8. The second kappa shape index (κ2) is 5.63. The summed E-state index contributed by atoms with van der Waals surface area (Å²) in [6, 6.07) is 0. The molecule has 0 bridgehead atoms. The van der Waals surface area contributed by atoms with Crippen LogP contribution in [0.2, 0.25) is 0 Å². The monoisotopic (exact) mass is 238 g/mol. The van der Waals surface area contributed by atoms with Crippen LogP contribution < -0.4 is 0 Å². The molecular weight excluding hydrogens is 232 g/mol. The summed E-state index contributed by atoms with van der Waals surface area (Å²) in [5.41, 5.74) is 0. The highest BCUT2D eigenvalue weighted by molar-refractivity contribution is 5.92. The van der Waals surface area contributed by atoms with E-state index in [4.69, 9.17) is 20.4 Å². The van der Waals surface area contributed by atoms with E-state index in [0.29, 0.717) is 0 Å². The van der Waals surface area contributed by atoms with Crippen molar-refractivity contribution in [2.45, 2.75) is 12.2 Å². The smallest absolute Gasteiger partial charge is 0.449 e. The van der Waals surface area contributed by atoms with E-state index in [1.165, 1.54) is 0 Å². The number of esters is 2. The van der Waals surface area contributed by atoms with E-state index in [1.807, 2.05) is 0 Å². The van der Waals surface area contributed by atoms with Gasteiger partial charge in [0, 0.05) is 0 Å². The Morgan fingerprint density at radius 2 is 1.00 bits per heavy atom. The van der Waals surface area contributed by atoms with Crippen molar-refractivity contribution in [1.29, 1.82) is 0 Å². The van der Waals surface area contributed by atoms with Crippen molar-refractivity contribution in [3.63, 3.8) is 0 Å². The quantitative estimate of drug-likeness (QED) is 0.323. The molecule has 0 saturated heterocycles. The van der Waals surface area contributed by atoms with E-state index in [1.54, 1.807) is 0 Å². The molecule has 0 radical (unpaired) electrons. The minimum absolute atomic E-state index is 1.85. The SMILES string of the molecule is O=C(O)OC(=O)C(O)C(O)C(=O)OC(=O)O. The van der Waals surface area contributed by atoms with Crippen molar-refractivity contribution in [3.05, 3.63) is 0 Å². The van der Waals surface area contributed by atoms with Crippen LogP contribution in [0.5, 0.6) is 0 Å². The molecule has 16 heavy (non-hydrogen) atoms. The fourth-order valence-electron chi connectivity index (χ4n) is 0.551. The molecule has 2 atom stereocenters. The van der Waals surface area contributed by atoms with E-state index in [9.17, 15) is 19.2 Å². The molecular formula is C6H6O10. The van der Waals surface area contributed by atoms with Crippen molar-refractivity contribution >= 4 is 24.2 Å². The van der Waals surface area contributed by atoms with Crippen LogP contribution in [0.25, 0.3) is 0 Å². The Hall–Kier alpha value is -2.20. The van der Waals surface area contributed by atoms with Gasteiger partial charge in [0.05, 0.1) is 0 Å². The van der Waals surface area contributed by atoms with Gasteiger partial charge >= 0.3 is 24.2 Å². The van der Waals surface area contributed by atoms with E-state index in [2.05, 4.69) is 9.47 Å². The summed E-state index contributed by atoms with van der Waals surface area (Å²) in [6.45, 7) is 0. The van der Waals surface area contributed by atoms with Gasteiger partial charge < -0.3 is 29.9 Å². The second-order valence-electron chi connectivity index (χ2n) is 2.26. The standard InChI is InChI=1S/C6H6O10/c7-1(3(9)15-5(11)12)2(8)4(10)16-6(13)14/h1-2,7-8H,(H,11,12)(H,13,14). The van der Waals surface area contributed by atoms with Crippen LogP contribution in [-0.2, 0) is 19.1 Å². The van der Waals surface area contributed by atoms with Crippen molar-refractivity contribution in [3.8, 4) is 0 Å². The molecule has 0 aliphatic carbocycles. The Morgan fingerprint density at radius 3 is 1.19 bits per heavy atom. The van der Waals surface area contributed by atoms with Gasteiger partial charge in [-0.2, -0.15) is 0 Å². The van der Waals surface area contributed by atoms with Crippen LogP contribution >= 0.6 is 0 Å². The van der Waals surface area contributed by atoms with Gasteiger partial charge in [0.25, 0.3) is 0 Å². The highest BCUT2D eigenvalue weighted by atomic mass is 16.7. The van der Waals surface area contributed by atoms with E-state index in [-0.39, 0.29) is 0 Å². The first-order valence-corrected chi connectivity index (χ1v) is 3.51. The summed E-state index contributed by atoms with van der Waals surface area (Å²) < 4.78 is 6.80. The number of aliphatic hydroxyl groups is 2. The maximum Gasteiger partial charge on any atom is 0.513 e. The molecule has 0 rings (SSSR count). The molecule has 4 N–H and O–H groups in total. The fourth-order valence-corrected chi connectivity index (χ4v) is 0.551. The van der Waals surface area contributed by atoms with Crippen LogP contribution in [0.15, 0.2) is 0 Å². The molecule has 0 amide bonds. The Morgan fingerprint density at radius 1 is 0.750 bits per heavy atom. The highest BCUT2D eigenvalue weighted by Crippen LogP contribution is 2.00. The summed E-state index contributed by atoms with van der Waals surface area (Å²) in [4.78, 5) is 40.9. The molecule has 10 nitrogen and oxygen atoms in total. The summed E-state index contributed by atoms with van der Waals surface area (Å²) in [5, 5.41) is 33.6. The van der Waals surface area contributed by atoms with Crippen LogP contribution in [0.4, 0.5) is 9.59 Å². The Kier molecular flexibility index (Phi) is 4.85. The predicted molar refractivity (Wildman–Crippen MR) is 40.2 cm³/mol. The maximum atomic E-state index is 10.6. The lowest BCUT2D eigenvalue weighted by Gasteiger charge is -2.12. The molecule has 0 spiro atoms. The van der Waals surface area contributed by atoms with E-state index < -0.39 is 36.5 Å². The third kappa shape index (κ3) is 4.34. The minimum atomic E-state index is -2.57. The number of hydrogen-bond acceptors (Lipinski definition) is 8. The molecule has 0 heterocycles. The number of hydrogen-bond donors (Lipinski definition) is 4. The van der Waals surface area contributed by atoms with Gasteiger partial charge in [-0.15, -0.1) is 0 Å². The van der Waals surface area contributed by atoms with Gasteiger partial charge in [-0.25, -0.2) is 19.2 Å². The van der Waals surface area contributed by atoms with Gasteiger partial charge in [-0.05, 0) is 0 Å². The molecule has 0 aliphatic heterocycles. The lowest BCUT2D eigenvalue weighted by atomic mass is 10.2. The molecule has 90 valence electrons. The van der Waals surface area contributed by atoms with Crippen LogP contribution in [-0.4, -0.2) is 56.9 Å². The fraction of sp³-hybridized carbons (Fsp3) is 0.333. The van der Waals surface area contributed by atoms with Gasteiger partial charge in [-0.3, -0.25) is 0 Å². The lowest BCUT2D eigenvalue weighted by molar-refractivity contribution is -0.167. The molecule has 0 aliphatic rings. The summed E-state index contributed by atoms with van der Waals surface area (Å²) in [5.74, 6) is -3.69.